The molecule has 0 saturated heterocycles. The SMILES string of the molecule is COCC(C)S(=O)C(C)(C)C(=O)O. The van der Waals surface area contributed by atoms with Crippen LogP contribution in [0.1, 0.15) is 20.8 Å². The fourth-order valence-electron chi connectivity index (χ4n) is 0.886. The summed E-state index contributed by atoms with van der Waals surface area (Å²) in [6, 6.07) is 0. The molecule has 0 aromatic carbocycles. The molecule has 0 amide bonds. The maximum absolute atomic E-state index is 11.6. The van der Waals surface area contributed by atoms with Crippen LogP contribution in [0.3, 0.4) is 0 Å². The van der Waals surface area contributed by atoms with E-state index in [4.69, 9.17) is 9.84 Å². The molecule has 0 aliphatic rings. The summed E-state index contributed by atoms with van der Waals surface area (Å²) < 4.78 is 15.2. The van der Waals surface area contributed by atoms with E-state index in [0.717, 1.165) is 0 Å². The zero-order valence-electron chi connectivity index (χ0n) is 8.36. The van der Waals surface area contributed by atoms with Gasteiger partial charge in [0.25, 0.3) is 0 Å². The molecule has 0 aromatic heterocycles. The van der Waals surface area contributed by atoms with Crippen molar-refractivity contribution in [1.82, 2.24) is 0 Å². The van der Waals surface area contributed by atoms with Crippen molar-refractivity contribution in [2.45, 2.75) is 30.8 Å². The molecule has 0 bridgehead atoms. The van der Waals surface area contributed by atoms with Gasteiger partial charge in [-0.25, -0.2) is 0 Å². The van der Waals surface area contributed by atoms with E-state index in [9.17, 15) is 9.00 Å². The van der Waals surface area contributed by atoms with Crippen molar-refractivity contribution in [3.63, 3.8) is 0 Å². The second-order valence-electron chi connectivity index (χ2n) is 3.38. The Hall–Kier alpha value is -0.420. The molecule has 0 aliphatic heterocycles. The minimum absolute atomic E-state index is 0.268. The Labute approximate surface area is 80.7 Å². The van der Waals surface area contributed by atoms with Gasteiger partial charge in [-0.05, 0) is 20.8 Å². The number of hydrogen-bond donors (Lipinski definition) is 1. The van der Waals surface area contributed by atoms with E-state index in [1.807, 2.05) is 0 Å². The third-order valence-electron chi connectivity index (χ3n) is 1.78. The molecule has 0 aliphatic carbocycles. The number of carbonyl (C=O) groups is 1. The van der Waals surface area contributed by atoms with Crippen molar-refractivity contribution in [3.05, 3.63) is 0 Å². The molecular weight excluding hydrogens is 192 g/mol. The highest BCUT2D eigenvalue weighted by atomic mass is 32.2. The smallest absolute Gasteiger partial charge is 0.321 e. The maximum Gasteiger partial charge on any atom is 0.321 e. The number of hydrogen-bond acceptors (Lipinski definition) is 3. The first-order valence-corrected chi connectivity index (χ1v) is 5.18. The molecule has 5 heteroatoms. The molecule has 0 saturated carbocycles. The highest BCUT2D eigenvalue weighted by molar-refractivity contribution is 7.87. The summed E-state index contributed by atoms with van der Waals surface area (Å²) in [5.41, 5.74) is 0. The third-order valence-corrected chi connectivity index (χ3v) is 3.83. The molecule has 0 heterocycles. The Balaban J connectivity index is 4.49. The second-order valence-corrected chi connectivity index (χ2v) is 5.80. The fourth-order valence-corrected chi connectivity index (χ4v) is 2.32. The monoisotopic (exact) mass is 208 g/mol. The summed E-state index contributed by atoms with van der Waals surface area (Å²) in [6.07, 6.45) is 0. The molecule has 1 N–H and O–H groups in total. The van der Waals surface area contributed by atoms with Gasteiger partial charge in [0.2, 0.25) is 0 Å². The molecule has 13 heavy (non-hydrogen) atoms. The molecule has 78 valence electrons. The van der Waals surface area contributed by atoms with Crippen molar-refractivity contribution in [3.8, 4) is 0 Å². The summed E-state index contributed by atoms with van der Waals surface area (Å²) in [4.78, 5) is 10.7. The predicted molar refractivity (Wildman–Crippen MR) is 51.2 cm³/mol. The van der Waals surface area contributed by atoms with E-state index in [1.165, 1.54) is 21.0 Å². The van der Waals surface area contributed by atoms with Gasteiger partial charge in [0.15, 0.2) is 0 Å². The fraction of sp³-hybridized carbons (Fsp3) is 0.875. The highest BCUT2D eigenvalue weighted by Gasteiger charge is 2.37. The Kier molecular flexibility index (Phi) is 4.56. The van der Waals surface area contributed by atoms with Crippen molar-refractivity contribution >= 4 is 16.8 Å². The van der Waals surface area contributed by atoms with Crippen LogP contribution in [0.25, 0.3) is 0 Å². The molecule has 0 rings (SSSR count). The molecule has 0 spiro atoms. The van der Waals surface area contributed by atoms with Crippen LogP contribution >= 0.6 is 0 Å². The molecule has 0 fully saturated rings. The predicted octanol–water partition coefficient (Wildman–Crippen LogP) is 0.633. The van der Waals surface area contributed by atoms with Crippen LogP contribution in [0.4, 0.5) is 0 Å². The van der Waals surface area contributed by atoms with Crippen molar-refractivity contribution < 1.29 is 18.8 Å². The molecule has 2 unspecified atom stereocenters. The van der Waals surface area contributed by atoms with E-state index in [2.05, 4.69) is 0 Å². The van der Waals surface area contributed by atoms with Crippen molar-refractivity contribution in [2.24, 2.45) is 0 Å². The summed E-state index contributed by atoms with van der Waals surface area (Å²) in [7, 11) is 0.0718. The average molecular weight is 208 g/mol. The van der Waals surface area contributed by atoms with Crippen molar-refractivity contribution in [2.75, 3.05) is 13.7 Å². The van der Waals surface area contributed by atoms with Gasteiger partial charge in [-0.15, -0.1) is 0 Å². The average Bonchev–Trinajstić information content (AvgIpc) is 2.03. The summed E-state index contributed by atoms with van der Waals surface area (Å²) >= 11 is 0. The zero-order chi connectivity index (χ0) is 10.6. The largest absolute Gasteiger partial charge is 0.480 e. The Morgan fingerprint density at radius 1 is 1.62 bits per heavy atom. The summed E-state index contributed by atoms with van der Waals surface area (Å²) in [5.74, 6) is -1.05. The van der Waals surface area contributed by atoms with Crippen LogP contribution in [0.15, 0.2) is 0 Å². The van der Waals surface area contributed by atoms with Gasteiger partial charge in [-0.3, -0.25) is 9.00 Å². The minimum atomic E-state index is -1.43. The van der Waals surface area contributed by atoms with Crippen molar-refractivity contribution in [1.29, 1.82) is 0 Å². The van der Waals surface area contributed by atoms with Gasteiger partial charge >= 0.3 is 5.97 Å². The minimum Gasteiger partial charge on any atom is -0.480 e. The second kappa shape index (κ2) is 4.72. The lowest BCUT2D eigenvalue weighted by atomic mass is 10.2. The number of methoxy groups -OCH3 is 1. The van der Waals surface area contributed by atoms with E-state index in [-0.39, 0.29) is 5.25 Å². The first kappa shape index (κ1) is 12.6. The van der Waals surface area contributed by atoms with Gasteiger partial charge in [0.05, 0.1) is 11.9 Å². The van der Waals surface area contributed by atoms with Crippen LogP contribution in [0.5, 0.6) is 0 Å². The van der Waals surface area contributed by atoms with Crippen LogP contribution < -0.4 is 0 Å². The molecular formula is C8H16O4S. The standard InChI is InChI=1S/C8H16O4S/c1-6(5-12-4)13(11)8(2,3)7(9)10/h6H,5H2,1-4H3,(H,9,10). The number of carboxylic acid groups (broad SMARTS) is 1. The topological polar surface area (TPSA) is 63.6 Å². The lowest BCUT2D eigenvalue weighted by Crippen LogP contribution is -2.41. The van der Waals surface area contributed by atoms with Gasteiger partial charge < -0.3 is 9.84 Å². The van der Waals surface area contributed by atoms with Crippen LogP contribution in [-0.2, 0) is 20.3 Å². The van der Waals surface area contributed by atoms with Gasteiger partial charge in [0, 0.05) is 17.9 Å². The first-order chi connectivity index (χ1) is 5.84. The number of carboxylic acids is 1. The third kappa shape index (κ3) is 3.08. The molecule has 0 aromatic rings. The molecule has 2 atom stereocenters. The normalized spacial score (nSPS) is 16.6. The Morgan fingerprint density at radius 2 is 2.08 bits per heavy atom. The van der Waals surface area contributed by atoms with Gasteiger partial charge in [-0.1, -0.05) is 0 Å². The number of aliphatic carboxylic acids is 1. The lowest BCUT2D eigenvalue weighted by Gasteiger charge is -2.22. The summed E-state index contributed by atoms with van der Waals surface area (Å²) in [5, 5.41) is 8.53. The van der Waals surface area contributed by atoms with Crippen LogP contribution in [0.2, 0.25) is 0 Å². The van der Waals surface area contributed by atoms with E-state index in [0.29, 0.717) is 6.61 Å². The van der Waals surface area contributed by atoms with E-state index < -0.39 is 21.5 Å². The van der Waals surface area contributed by atoms with Gasteiger partial charge in [-0.2, -0.15) is 0 Å². The van der Waals surface area contributed by atoms with E-state index in [1.54, 1.807) is 6.92 Å². The lowest BCUT2D eigenvalue weighted by molar-refractivity contribution is -0.139. The van der Waals surface area contributed by atoms with E-state index >= 15 is 0 Å². The van der Waals surface area contributed by atoms with Crippen LogP contribution in [-0.4, -0.2) is 39.0 Å². The van der Waals surface area contributed by atoms with Gasteiger partial charge in [0.1, 0.15) is 4.75 Å². The highest BCUT2D eigenvalue weighted by Crippen LogP contribution is 2.17. The quantitative estimate of drug-likeness (QED) is 0.720. The first-order valence-electron chi connectivity index (χ1n) is 3.97. The number of rotatable bonds is 5. The zero-order valence-corrected chi connectivity index (χ0v) is 9.18. The molecule has 4 nitrogen and oxygen atoms in total. The Morgan fingerprint density at radius 3 is 2.38 bits per heavy atom. The molecule has 0 radical (unpaired) electrons. The number of ether oxygens (including phenoxy) is 1. The summed E-state index contributed by atoms with van der Waals surface area (Å²) in [6.45, 7) is 4.93. The Bertz CT molecular complexity index is 212. The van der Waals surface area contributed by atoms with Crippen LogP contribution in [0, 0.1) is 0 Å². The maximum atomic E-state index is 11.6.